The van der Waals surface area contributed by atoms with Crippen molar-refractivity contribution in [1.29, 1.82) is 0 Å². The van der Waals surface area contributed by atoms with Crippen LogP contribution in [0.3, 0.4) is 0 Å². The molecule has 0 fully saturated rings. The van der Waals surface area contributed by atoms with Crippen molar-refractivity contribution in [3.05, 3.63) is 58.9 Å². The second-order valence-electron chi connectivity index (χ2n) is 7.86. The number of benzene rings is 2. The molecular formula is C22H26F4O6. The highest BCUT2D eigenvalue weighted by Gasteiger charge is 2.37. The predicted octanol–water partition coefficient (Wildman–Crippen LogP) is 1.93. The van der Waals surface area contributed by atoms with Gasteiger partial charge in [0.1, 0.15) is 30.2 Å². The summed E-state index contributed by atoms with van der Waals surface area (Å²) in [5.41, 5.74) is -0.552. The highest BCUT2D eigenvalue weighted by atomic mass is 19.4. The van der Waals surface area contributed by atoms with E-state index in [4.69, 9.17) is 5.11 Å². The standard InChI is InChI=1S/C22H26F4O6/c1-10-5-12(13-6-14(22(24,25)26)8-15(23)7-13)3-4-16(10)18(29)20(31)21(32)19(30)17(28)11(2)9-27/h3-8,11,17-21,27-32H,9H2,1-2H3/t11?,17?,18-,19?,20?,21?/m1/s1. The topological polar surface area (TPSA) is 121 Å². The number of hydrogen-bond acceptors (Lipinski definition) is 6. The Labute approximate surface area is 182 Å². The molecule has 0 aliphatic heterocycles. The molecule has 2 rings (SSSR count). The minimum atomic E-state index is -4.73. The van der Waals surface area contributed by atoms with Crippen LogP contribution in [0.5, 0.6) is 0 Å². The molecule has 0 aromatic heterocycles. The van der Waals surface area contributed by atoms with E-state index in [2.05, 4.69) is 0 Å². The molecule has 0 heterocycles. The van der Waals surface area contributed by atoms with Gasteiger partial charge < -0.3 is 30.6 Å². The van der Waals surface area contributed by atoms with Gasteiger partial charge in [-0.3, -0.25) is 0 Å². The van der Waals surface area contributed by atoms with E-state index in [1.807, 2.05) is 0 Å². The third kappa shape index (κ3) is 5.83. The van der Waals surface area contributed by atoms with Crippen LogP contribution in [0.25, 0.3) is 11.1 Å². The van der Waals surface area contributed by atoms with Crippen LogP contribution >= 0.6 is 0 Å². The monoisotopic (exact) mass is 462 g/mol. The average Bonchev–Trinajstić information content (AvgIpc) is 2.74. The molecule has 6 atom stereocenters. The summed E-state index contributed by atoms with van der Waals surface area (Å²) in [4.78, 5) is 0. The lowest BCUT2D eigenvalue weighted by molar-refractivity contribution is -0.145. The fourth-order valence-electron chi connectivity index (χ4n) is 3.33. The molecule has 0 aliphatic carbocycles. The van der Waals surface area contributed by atoms with Gasteiger partial charge in [-0.15, -0.1) is 0 Å². The highest BCUT2D eigenvalue weighted by molar-refractivity contribution is 5.66. The number of aliphatic hydroxyl groups is 6. The van der Waals surface area contributed by atoms with Crippen molar-refractivity contribution in [2.75, 3.05) is 6.61 Å². The van der Waals surface area contributed by atoms with Crippen LogP contribution in [0.4, 0.5) is 17.6 Å². The Kier molecular flexibility index (Phi) is 8.38. The summed E-state index contributed by atoms with van der Waals surface area (Å²) >= 11 is 0. The number of aryl methyl sites for hydroxylation is 1. The smallest absolute Gasteiger partial charge is 0.396 e. The van der Waals surface area contributed by atoms with E-state index in [9.17, 15) is 43.1 Å². The van der Waals surface area contributed by atoms with Gasteiger partial charge in [0.15, 0.2) is 0 Å². The number of hydrogen-bond donors (Lipinski definition) is 6. The zero-order valence-corrected chi connectivity index (χ0v) is 17.3. The first kappa shape index (κ1) is 26.2. The van der Waals surface area contributed by atoms with Gasteiger partial charge in [-0.25, -0.2) is 4.39 Å². The van der Waals surface area contributed by atoms with Crippen LogP contribution in [0, 0.1) is 18.7 Å². The van der Waals surface area contributed by atoms with Crippen molar-refractivity contribution in [3.63, 3.8) is 0 Å². The molecule has 178 valence electrons. The fourth-order valence-corrected chi connectivity index (χ4v) is 3.33. The van der Waals surface area contributed by atoms with Gasteiger partial charge in [0.25, 0.3) is 0 Å². The highest BCUT2D eigenvalue weighted by Crippen LogP contribution is 2.34. The van der Waals surface area contributed by atoms with Gasteiger partial charge >= 0.3 is 6.18 Å². The Morgan fingerprint density at radius 3 is 1.94 bits per heavy atom. The summed E-state index contributed by atoms with van der Waals surface area (Å²) in [6, 6.07) is 6.09. The zero-order valence-electron chi connectivity index (χ0n) is 17.3. The summed E-state index contributed by atoms with van der Waals surface area (Å²) in [6.45, 7) is 2.41. The Morgan fingerprint density at radius 1 is 0.812 bits per heavy atom. The second kappa shape index (κ2) is 10.2. The van der Waals surface area contributed by atoms with Crippen LogP contribution < -0.4 is 0 Å². The SMILES string of the molecule is Cc1cc(-c2cc(F)cc(C(F)(F)F)c2)ccc1[C@@H](O)C(O)C(O)C(O)C(O)C(C)CO. The summed E-state index contributed by atoms with van der Waals surface area (Å²) in [7, 11) is 0. The predicted molar refractivity (Wildman–Crippen MR) is 107 cm³/mol. The Hall–Kier alpha value is -2.08. The molecule has 5 unspecified atom stereocenters. The molecule has 0 bridgehead atoms. The van der Waals surface area contributed by atoms with E-state index >= 15 is 0 Å². The van der Waals surface area contributed by atoms with Crippen molar-refractivity contribution >= 4 is 0 Å². The maximum Gasteiger partial charge on any atom is 0.416 e. The van der Waals surface area contributed by atoms with Crippen LogP contribution in [0.2, 0.25) is 0 Å². The first-order valence-corrected chi connectivity index (χ1v) is 9.77. The summed E-state index contributed by atoms with van der Waals surface area (Å²) in [5, 5.41) is 59.9. The number of aliphatic hydroxyl groups excluding tert-OH is 6. The molecule has 32 heavy (non-hydrogen) atoms. The number of alkyl halides is 3. The fraction of sp³-hybridized carbons (Fsp3) is 0.455. The molecule has 0 spiro atoms. The van der Waals surface area contributed by atoms with Gasteiger partial charge in [-0.2, -0.15) is 13.2 Å². The maximum atomic E-state index is 13.7. The average molecular weight is 462 g/mol. The zero-order chi connectivity index (χ0) is 24.4. The van der Waals surface area contributed by atoms with E-state index in [0.717, 1.165) is 12.1 Å². The Balaban J connectivity index is 2.29. The summed E-state index contributed by atoms with van der Waals surface area (Å²) < 4.78 is 52.6. The van der Waals surface area contributed by atoms with Crippen LogP contribution in [0.15, 0.2) is 36.4 Å². The molecule has 6 N–H and O–H groups in total. The summed E-state index contributed by atoms with van der Waals surface area (Å²) in [5.74, 6) is -1.88. The Morgan fingerprint density at radius 2 is 1.41 bits per heavy atom. The van der Waals surface area contributed by atoms with Crippen LogP contribution in [-0.2, 0) is 6.18 Å². The lowest BCUT2D eigenvalue weighted by Crippen LogP contribution is -2.49. The lowest BCUT2D eigenvalue weighted by atomic mass is 9.89. The minimum absolute atomic E-state index is 0.0430. The third-order valence-corrected chi connectivity index (χ3v) is 5.39. The Bertz CT molecular complexity index is 920. The minimum Gasteiger partial charge on any atom is -0.396 e. The van der Waals surface area contributed by atoms with Gasteiger partial charge in [0, 0.05) is 12.5 Å². The quantitative estimate of drug-likeness (QED) is 0.334. The first-order valence-electron chi connectivity index (χ1n) is 9.77. The molecule has 0 aliphatic rings. The second-order valence-corrected chi connectivity index (χ2v) is 7.86. The van der Waals surface area contributed by atoms with Gasteiger partial charge in [-0.05, 0) is 47.4 Å². The molecular weight excluding hydrogens is 436 g/mol. The van der Waals surface area contributed by atoms with Crippen LogP contribution in [-0.4, -0.2) is 61.7 Å². The van der Waals surface area contributed by atoms with Crippen LogP contribution in [0.1, 0.15) is 29.7 Å². The third-order valence-electron chi connectivity index (χ3n) is 5.39. The first-order chi connectivity index (χ1) is 14.8. The van der Waals surface area contributed by atoms with E-state index in [1.165, 1.54) is 32.0 Å². The van der Waals surface area contributed by atoms with E-state index in [-0.39, 0.29) is 16.7 Å². The largest absolute Gasteiger partial charge is 0.416 e. The van der Waals surface area contributed by atoms with Crippen molar-refractivity contribution in [3.8, 4) is 11.1 Å². The molecule has 0 saturated carbocycles. The number of halogens is 4. The molecule has 6 nitrogen and oxygen atoms in total. The van der Waals surface area contributed by atoms with Crippen molar-refractivity contribution in [1.82, 2.24) is 0 Å². The van der Waals surface area contributed by atoms with Gasteiger partial charge in [0.05, 0.1) is 11.7 Å². The van der Waals surface area contributed by atoms with E-state index in [1.54, 1.807) is 0 Å². The molecule has 0 amide bonds. The van der Waals surface area contributed by atoms with Gasteiger partial charge in [-0.1, -0.05) is 25.1 Å². The lowest BCUT2D eigenvalue weighted by Gasteiger charge is -2.31. The molecule has 0 radical (unpaired) electrons. The van der Waals surface area contributed by atoms with Crippen molar-refractivity contribution in [2.24, 2.45) is 5.92 Å². The normalized spacial score (nSPS) is 18.0. The summed E-state index contributed by atoms with van der Waals surface area (Å²) in [6.07, 6.45) is -13.8. The van der Waals surface area contributed by atoms with Gasteiger partial charge in [0.2, 0.25) is 0 Å². The molecule has 0 saturated heterocycles. The van der Waals surface area contributed by atoms with E-state index < -0.39 is 60.6 Å². The maximum absolute atomic E-state index is 13.7. The van der Waals surface area contributed by atoms with Crippen molar-refractivity contribution in [2.45, 2.75) is 50.5 Å². The number of rotatable bonds is 8. The van der Waals surface area contributed by atoms with Crippen molar-refractivity contribution < 1.29 is 48.2 Å². The molecule has 2 aromatic carbocycles. The van der Waals surface area contributed by atoms with E-state index in [0.29, 0.717) is 11.6 Å². The molecule has 10 heteroatoms. The molecule has 2 aromatic rings.